The number of Topliss-reactive ketones (excluding diaryl/α,β-unsaturated/α-hetero) is 1. The van der Waals surface area contributed by atoms with Crippen molar-refractivity contribution in [2.75, 3.05) is 5.32 Å². The van der Waals surface area contributed by atoms with Crippen LogP contribution in [0.1, 0.15) is 22.5 Å². The monoisotopic (exact) mass is 325 g/mol. The molecule has 0 aliphatic heterocycles. The Morgan fingerprint density at radius 3 is 2.57 bits per heavy atom. The number of thiophene rings is 1. The zero-order chi connectivity index (χ0) is 16.1. The molecule has 0 saturated carbocycles. The summed E-state index contributed by atoms with van der Waals surface area (Å²) in [4.78, 5) is 24.5. The van der Waals surface area contributed by atoms with Crippen LogP contribution >= 0.6 is 11.3 Å². The Hall–Kier alpha value is -2.73. The molecule has 0 bridgehead atoms. The van der Waals surface area contributed by atoms with Gasteiger partial charge < -0.3 is 5.32 Å². The van der Waals surface area contributed by atoms with Crippen LogP contribution in [0.5, 0.6) is 0 Å². The Bertz CT molecular complexity index is 778. The van der Waals surface area contributed by atoms with Gasteiger partial charge in [-0.05, 0) is 41.8 Å². The minimum atomic E-state index is -0.165. The summed E-state index contributed by atoms with van der Waals surface area (Å²) in [7, 11) is 0. The summed E-state index contributed by atoms with van der Waals surface area (Å²) < 4.78 is 1.74. The molecule has 5 nitrogen and oxygen atoms in total. The molecule has 3 aromatic rings. The average molecular weight is 325 g/mol. The lowest BCUT2D eigenvalue weighted by molar-refractivity contribution is -0.116. The minimum absolute atomic E-state index is 0.00387. The molecule has 1 N–H and O–H groups in total. The van der Waals surface area contributed by atoms with Crippen LogP contribution in [0.4, 0.5) is 5.69 Å². The van der Waals surface area contributed by atoms with Gasteiger partial charge in [-0.15, -0.1) is 11.3 Å². The van der Waals surface area contributed by atoms with Crippen LogP contribution in [-0.4, -0.2) is 21.5 Å². The van der Waals surface area contributed by atoms with Crippen LogP contribution in [0.2, 0.25) is 0 Å². The van der Waals surface area contributed by atoms with Gasteiger partial charge in [0.05, 0.1) is 10.6 Å². The van der Waals surface area contributed by atoms with E-state index >= 15 is 0 Å². The van der Waals surface area contributed by atoms with Crippen LogP contribution in [0.3, 0.4) is 0 Å². The summed E-state index contributed by atoms with van der Waals surface area (Å²) in [6, 6.07) is 12.8. The molecular weight excluding hydrogens is 310 g/mol. The van der Waals surface area contributed by atoms with E-state index in [0.717, 1.165) is 5.69 Å². The van der Waals surface area contributed by atoms with Crippen molar-refractivity contribution in [3.05, 3.63) is 65.1 Å². The van der Waals surface area contributed by atoms with E-state index in [4.69, 9.17) is 0 Å². The van der Waals surface area contributed by atoms with E-state index < -0.39 is 0 Å². The SMILES string of the molecule is O=C(CCC(=O)c1cccs1)Nc1ccc(-n2cccn2)cc1. The molecule has 23 heavy (non-hydrogen) atoms. The fourth-order valence-electron chi connectivity index (χ4n) is 2.13. The van der Waals surface area contributed by atoms with E-state index in [9.17, 15) is 9.59 Å². The van der Waals surface area contributed by atoms with Gasteiger partial charge in [0.15, 0.2) is 5.78 Å². The van der Waals surface area contributed by atoms with Crippen LogP contribution in [-0.2, 0) is 4.79 Å². The Morgan fingerprint density at radius 2 is 1.91 bits per heavy atom. The molecule has 2 aromatic heterocycles. The summed E-state index contributed by atoms with van der Waals surface area (Å²) in [5.41, 5.74) is 1.62. The number of carbonyl (C=O) groups excluding carboxylic acids is 2. The van der Waals surface area contributed by atoms with Gasteiger partial charge in [0.25, 0.3) is 0 Å². The van der Waals surface area contributed by atoms with Gasteiger partial charge in [-0.25, -0.2) is 4.68 Å². The lowest BCUT2D eigenvalue weighted by Gasteiger charge is -2.06. The van der Waals surface area contributed by atoms with Crippen molar-refractivity contribution in [3.8, 4) is 5.69 Å². The van der Waals surface area contributed by atoms with E-state index in [1.807, 2.05) is 48.0 Å². The van der Waals surface area contributed by atoms with Crippen molar-refractivity contribution in [1.29, 1.82) is 0 Å². The van der Waals surface area contributed by atoms with Crippen molar-refractivity contribution in [3.63, 3.8) is 0 Å². The molecule has 6 heteroatoms. The number of hydrogen-bond acceptors (Lipinski definition) is 4. The molecular formula is C17H15N3O2S. The standard InChI is InChI=1S/C17H15N3O2S/c21-15(16-3-1-12-23-16)8-9-17(22)19-13-4-6-14(7-5-13)20-11-2-10-18-20/h1-7,10-12H,8-9H2,(H,19,22). The first kappa shape index (κ1) is 15.2. The number of nitrogens with one attached hydrogen (secondary N) is 1. The lowest BCUT2D eigenvalue weighted by atomic mass is 10.2. The molecule has 0 saturated heterocycles. The quantitative estimate of drug-likeness (QED) is 0.705. The lowest BCUT2D eigenvalue weighted by Crippen LogP contribution is -2.13. The normalized spacial score (nSPS) is 10.4. The van der Waals surface area contributed by atoms with Gasteiger partial charge in [0.2, 0.25) is 5.91 Å². The fourth-order valence-corrected chi connectivity index (χ4v) is 2.82. The van der Waals surface area contributed by atoms with Gasteiger partial charge >= 0.3 is 0 Å². The van der Waals surface area contributed by atoms with Gasteiger partial charge in [-0.3, -0.25) is 9.59 Å². The largest absolute Gasteiger partial charge is 0.326 e. The molecule has 116 valence electrons. The number of anilines is 1. The Balaban J connectivity index is 1.53. The topological polar surface area (TPSA) is 64.0 Å². The van der Waals surface area contributed by atoms with Gasteiger partial charge in [0, 0.05) is 30.9 Å². The molecule has 1 amide bonds. The first-order valence-corrected chi connectivity index (χ1v) is 8.07. The molecule has 1 aromatic carbocycles. The summed E-state index contributed by atoms with van der Waals surface area (Å²) in [5.74, 6) is -0.161. The first-order chi connectivity index (χ1) is 11.2. The fraction of sp³-hybridized carbons (Fsp3) is 0.118. The maximum absolute atomic E-state index is 11.9. The summed E-state index contributed by atoms with van der Waals surface area (Å²) in [5, 5.41) is 8.80. The van der Waals surface area contributed by atoms with E-state index in [2.05, 4.69) is 10.4 Å². The Labute approximate surface area is 137 Å². The third kappa shape index (κ3) is 3.92. The zero-order valence-electron chi connectivity index (χ0n) is 12.3. The number of benzene rings is 1. The second kappa shape index (κ2) is 7.02. The van der Waals surface area contributed by atoms with E-state index in [-0.39, 0.29) is 24.5 Å². The van der Waals surface area contributed by atoms with Crippen molar-refractivity contribution < 1.29 is 9.59 Å². The number of rotatable bonds is 6. The van der Waals surface area contributed by atoms with Crippen molar-refractivity contribution in [2.45, 2.75) is 12.8 Å². The maximum Gasteiger partial charge on any atom is 0.224 e. The number of hydrogen-bond donors (Lipinski definition) is 1. The van der Waals surface area contributed by atoms with Gasteiger partial charge in [-0.2, -0.15) is 5.10 Å². The third-order valence-corrected chi connectivity index (χ3v) is 4.21. The number of carbonyl (C=O) groups is 2. The second-order valence-corrected chi connectivity index (χ2v) is 5.89. The van der Waals surface area contributed by atoms with Crippen molar-refractivity contribution in [1.82, 2.24) is 9.78 Å². The van der Waals surface area contributed by atoms with Gasteiger partial charge in [-0.1, -0.05) is 6.07 Å². The molecule has 0 fully saturated rings. The second-order valence-electron chi connectivity index (χ2n) is 4.95. The number of aromatic nitrogens is 2. The van der Waals surface area contributed by atoms with Crippen LogP contribution in [0.15, 0.2) is 60.2 Å². The molecule has 2 heterocycles. The highest BCUT2D eigenvalue weighted by molar-refractivity contribution is 7.12. The van der Waals surface area contributed by atoms with E-state index in [1.165, 1.54) is 11.3 Å². The molecule has 0 unspecified atom stereocenters. The Morgan fingerprint density at radius 1 is 1.09 bits per heavy atom. The van der Waals surface area contributed by atoms with Crippen LogP contribution in [0, 0.1) is 0 Å². The number of amides is 1. The van der Waals surface area contributed by atoms with E-state index in [1.54, 1.807) is 16.9 Å². The highest BCUT2D eigenvalue weighted by Crippen LogP contribution is 2.15. The van der Waals surface area contributed by atoms with Crippen molar-refractivity contribution in [2.24, 2.45) is 0 Å². The molecule has 0 atom stereocenters. The summed E-state index contributed by atoms with van der Waals surface area (Å²) in [6.45, 7) is 0. The summed E-state index contributed by atoms with van der Waals surface area (Å²) >= 11 is 1.40. The molecule has 0 aliphatic rings. The van der Waals surface area contributed by atoms with E-state index in [0.29, 0.717) is 10.6 Å². The highest BCUT2D eigenvalue weighted by atomic mass is 32.1. The third-order valence-electron chi connectivity index (χ3n) is 3.30. The minimum Gasteiger partial charge on any atom is -0.326 e. The predicted octanol–water partition coefficient (Wildman–Crippen LogP) is 3.54. The highest BCUT2D eigenvalue weighted by Gasteiger charge is 2.10. The molecule has 0 spiro atoms. The molecule has 3 rings (SSSR count). The Kier molecular flexibility index (Phi) is 4.63. The first-order valence-electron chi connectivity index (χ1n) is 7.19. The van der Waals surface area contributed by atoms with Crippen LogP contribution in [0.25, 0.3) is 5.69 Å². The van der Waals surface area contributed by atoms with Gasteiger partial charge in [0.1, 0.15) is 0 Å². The molecule has 0 radical (unpaired) electrons. The number of ketones is 1. The maximum atomic E-state index is 11.9. The molecule has 0 aliphatic carbocycles. The van der Waals surface area contributed by atoms with Crippen molar-refractivity contribution >= 4 is 28.7 Å². The summed E-state index contributed by atoms with van der Waals surface area (Å²) in [6.07, 6.45) is 3.96. The van der Waals surface area contributed by atoms with Crippen LogP contribution < -0.4 is 5.32 Å². The average Bonchev–Trinajstić information content (AvgIpc) is 3.26. The number of nitrogens with zero attached hydrogens (tertiary/aromatic N) is 2. The smallest absolute Gasteiger partial charge is 0.224 e. The predicted molar refractivity (Wildman–Crippen MR) is 90.1 cm³/mol. The zero-order valence-corrected chi connectivity index (χ0v) is 13.1.